The van der Waals surface area contributed by atoms with Gasteiger partial charge in [-0.3, -0.25) is 5.32 Å². The predicted molar refractivity (Wildman–Crippen MR) is 30.0 cm³/mol. The van der Waals surface area contributed by atoms with Crippen LogP contribution in [0.3, 0.4) is 0 Å². The summed E-state index contributed by atoms with van der Waals surface area (Å²) in [6.07, 6.45) is -4.83. The van der Waals surface area contributed by atoms with Crippen molar-refractivity contribution in [2.45, 2.75) is 18.1 Å². The van der Waals surface area contributed by atoms with Gasteiger partial charge in [0.25, 0.3) is 5.92 Å². The van der Waals surface area contributed by atoms with Gasteiger partial charge in [0.05, 0.1) is 6.54 Å². The summed E-state index contributed by atoms with van der Waals surface area (Å²) < 4.78 is 58.2. The van der Waals surface area contributed by atoms with Crippen LogP contribution in [0.5, 0.6) is 0 Å². The molecule has 1 rings (SSSR count). The molecule has 0 amide bonds. The lowest BCUT2D eigenvalue weighted by Crippen LogP contribution is -2.68. The third-order valence-corrected chi connectivity index (χ3v) is 1.29. The van der Waals surface area contributed by atoms with E-state index in [0.717, 1.165) is 0 Å². The molecule has 0 saturated carbocycles. The highest BCUT2D eigenvalue weighted by molar-refractivity contribution is 5.85. The molecule has 1 aliphatic heterocycles. The maximum atomic E-state index is 11.9. The lowest BCUT2D eigenvalue weighted by Gasteiger charge is -2.38. The van der Waals surface area contributed by atoms with Gasteiger partial charge in [-0.2, -0.15) is 13.2 Å². The van der Waals surface area contributed by atoms with E-state index in [0.29, 0.717) is 0 Å². The minimum absolute atomic E-state index is 0. The third-order valence-electron chi connectivity index (χ3n) is 1.29. The maximum Gasteiger partial charge on any atom is 0.409 e. The monoisotopic (exact) mass is 197 g/mol. The van der Waals surface area contributed by atoms with E-state index in [1.165, 1.54) is 0 Å². The lowest BCUT2D eigenvalue weighted by molar-refractivity contribution is -0.247. The highest BCUT2D eigenvalue weighted by Gasteiger charge is 2.61. The average molecular weight is 198 g/mol. The van der Waals surface area contributed by atoms with Crippen LogP contribution >= 0.6 is 12.4 Å². The normalized spacial score (nSPS) is 28.6. The summed E-state index contributed by atoms with van der Waals surface area (Å²) in [5.74, 6) is -3.61. The molecule has 1 N–H and O–H groups in total. The second kappa shape index (κ2) is 2.75. The molecule has 68 valence electrons. The van der Waals surface area contributed by atoms with Crippen molar-refractivity contribution in [3.63, 3.8) is 0 Å². The maximum absolute atomic E-state index is 11.9. The molecule has 0 spiro atoms. The minimum Gasteiger partial charge on any atom is -0.295 e. The molecule has 1 unspecified atom stereocenters. The Balaban J connectivity index is 0.000001000. The van der Waals surface area contributed by atoms with Gasteiger partial charge >= 0.3 is 6.18 Å². The first-order valence-electron chi connectivity index (χ1n) is 2.52. The van der Waals surface area contributed by atoms with E-state index in [1.54, 1.807) is 5.32 Å². The van der Waals surface area contributed by atoms with Gasteiger partial charge in [0.2, 0.25) is 0 Å². The topological polar surface area (TPSA) is 12.0 Å². The fraction of sp³-hybridized carbons (Fsp3) is 1.00. The van der Waals surface area contributed by atoms with E-state index in [9.17, 15) is 22.0 Å². The molecule has 0 aromatic rings. The van der Waals surface area contributed by atoms with E-state index >= 15 is 0 Å². The fourth-order valence-corrected chi connectivity index (χ4v) is 0.714. The highest BCUT2D eigenvalue weighted by atomic mass is 35.5. The van der Waals surface area contributed by atoms with Gasteiger partial charge in [0.1, 0.15) is 0 Å². The van der Waals surface area contributed by atoms with Gasteiger partial charge in [0.15, 0.2) is 6.04 Å². The standard InChI is InChI=1S/C4H4F5N.ClH/c5-3(6)1-10-2(3)4(7,8)9;/h2,10H,1H2;1H. The Morgan fingerprint density at radius 1 is 1.27 bits per heavy atom. The van der Waals surface area contributed by atoms with E-state index in [-0.39, 0.29) is 12.4 Å². The van der Waals surface area contributed by atoms with Gasteiger partial charge in [-0.05, 0) is 0 Å². The van der Waals surface area contributed by atoms with Crippen molar-refractivity contribution >= 4 is 12.4 Å². The van der Waals surface area contributed by atoms with Crippen molar-refractivity contribution in [1.29, 1.82) is 0 Å². The fourth-order valence-electron chi connectivity index (χ4n) is 0.714. The van der Waals surface area contributed by atoms with Crippen molar-refractivity contribution in [2.75, 3.05) is 6.54 Å². The third kappa shape index (κ3) is 1.93. The molecule has 7 heteroatoms. The van der Waals surface area contributed by atoms with Crippen LogP contribution in [-0.2, 0) is 0 Å². The van der Waals surface area contributed by atoms with Crippen LogP contribution in [-0.4, -0.2) is 24.7 Å². The van der Waals surface area contributed by atoms with Crippen molar-refractivity contribution in [3.8, 4) is 0 Å². The minimum atomic E-state index is -4.83. The van der Waals surface area contributed by atoms with Gasteiger partial charge in [-0.1, -0.05) is 0 Å². The van der Waals surface area contributed by atoms with E-state index in [4.69, 9.17) is 0 Å². The summed E-state index contributed by atoms with van der Waals surface area (Å²) in [5, 5.41) is 1.60. The van der Waals surface area contributed by atoms with Gasteiger partial charge < -0.3 is 0 Å². The van der Waals surface area contributed by atoms with E-state index in [2.05, 4.69) is 0 Å². The summed E-state index contributed by atoms with van der Waals surface area (Å²) >= 11 is 0. The van der Waals surface area contributed by atoms with Gasteiger partial charge in [-0.25, -0.2) is 8.78 Å². The zero-order chi connectivity index (χ0) is 7.99. The number of rotatable bonds is 0. The Labute approximate surface area is 65.4 Å². The summed E-state index contributed by atoms with van der Waals surface area (Å²) in [5.41, 5.74) is 0. The smallest absolute Gasteiger partial charge is 0.295 e. The molecule has 0 aromatic carbocycles. The molecule has 1 aliphatic rings. The molecule has 1 saturated heterocycles. The molecule has 1 fully saturated rings. The Kier molecular flexibility index (Phi) is 2.72. The van der Waals surface area contributed by atoms with Crippen LogP contribution in [0.4, 0.5) is 22.0 Å². The number of hydrogen-bond donors (Lipinski definition) is 1. The molecule has 0 radical (unpaired) electrons. The van der Waals surface area contributed by atoms with Crippen molar-refractivity contribution < 1.29 is 22.0 Å². The zero-order valence-electron chi connectivity index (χ0n) is 5.08. The van der Waals surface area contributed by atoms with Crippen LogP contribution in [0, 0.1) is 0 Å². The molecule has 1 heterocycles. The average Bonchev–Trinajstić information content (AvgIpc) is 1.58. The second-order valence-corrected chi connectivity index (χ2v) is 2.12. The molecule has 1 atom stereocenters. The molecule has 0 bridgehead atoms. The highest BCUT2D eigenvalue weighted by Crippen LogP contribution is 2.37. The Morgan fingerprint density at radius 3 is 1.73 bits per heavy atom. The quantitative estimate of drug-likeness (QED) is 0.582. The van der Waals surface area contributed by atoms with Crippen molar-refractivity contribution in [2.24, 2.45) is 0 Å². The Bertz CT molecular complexity index is 134. The van der Waals surface area contributed by atoms with Crippen LogP contribution in [0.25, 0.3) is 0 Å². The first kappa shape index (κ1) is 10.9. The Hall–Kier alpha value is -0.100. The summed E-state index contributed by atoms with van der Waals surface area (Å²) in [4.78, 5) is 0. The molecular formula is C4H5ClF5N. The first-order chi connectivity index (χ1) is 4.34. The molecule has 1 nitrogen and oxygen atoms in total. The number of nitrogens with one attached hydrogen (secondary N) is 1. The van der Waals surface area contributed by atoms with Crippen molar-refractivity contribution in [1.82, 2.24) is 5.32 Å². The van der Waals surface area contributed by atoms with Crippen LogP contribution in [0.2, 0.25) is 0 Å². The largest absolute Gasteiger partial charge is 0.409 e. The SMILES string of the molecule is Cl.FC(F)(F)C1NCC1(F)F. The Morgan fingerprint density at radius 2 is 1.73 bits per heavy atom. The summed E-state index contributed by atoms with van der Waals surface area (Å²) in [6, 6.07) is -2.64. The van der Waals surface area contributed by atoms with Crippen molar-refractivity contribution in [3.05, 3.63) is 0 Å². The number of alkyl halides is 5. The lowest BCUT2D eigenvalue weighted by atomic mass is 10.0. The van der Waals surface area contributed by atoms with Crippen LogP contribution < -0.4 is 5.32 Å². The van der Waals surface area contributed by atoms with E-state index in [1.807, 2.05) is 0 Å². The van der Waals surface area contributed by atoms with E-state index < -0.39 is 24.7 Å². The van der Waals surface area contributed by atoms with Crippen LogP contribution in [0.15, 0.2) is 0 Å². The number of halogens is 6. The predicted octanol–water partition coefficient (Wildman–Crippen LogP) is 1.58. The molecular weight excluding hydrogens is 192 g/mol. The molecule has 0 aromatic heterocycles. The first-order valence-corrected chi connectivity index (χ1v) is 2.52. The molecule has 0 aliphatic carbocycles. The van der Waals surface area contributed by atoms with Crippen LogP contribution in [0.1, 0.15) is 0 Å². The summed E-state index contributed by atoms with van der Waals surface area (Å²) in [6.45, 7) is -0.878. The van der Waals surface area contributed by atoms with Gasteiger partial charge in [0, 0.05) is 0 Å². The van der Waals surface area contributed by atoms with Gasteiger partial charge in [-0.15, -0.1) is 12.4 Å². The molecule has 11 heavy (non-hydrogen) atoms. The zero-order valence-corrected chi connectivity index (χ0v) is 5.90. The number of hydrogen-bond acceptors (Lipinski definition) is 1. The second-order valence-electron chi connectivity index (χ2n) is 2.12. The summed E-state index contributed by atoms with van der Waals surface area (Å²) in [7, 11) is 0.